The summed E-state index contributed by atoms with van der Waals surface area (Å²) in [5.74, 6) is 1.46. The quantitative estimate of drug-likeness (QED) is 0.407. The van der Waals surface area contributed by atoms with Crippen LogP contribution < -0.4 is 5.32 Å². The molecule has 0 aliphatic carbocycles. The highest BCUT2D eigenvalue weighted by atomic mass is 32.2. The highest BCUT2D eigenvalue weighted by Crippen LogP contribution is 2.28. The molecule has 0 atom stereocenters. The number of benzene rings is 2. The lowest BCUT2D eigenvalue weighted by Crippen LogP contribution is -2.26. The Bertz CT molecular complexity index is 1150. The van der Waals surface area contributed by atoms with E-state index in [4.69, 9.17) is 4.52 Å². The monoisotopic (exact) mass is 432 g/mol. The van der Waals surface area contributed by atoms with Gasteiger partial charge >= 0.3 is 0 Å². The Labute approximate surface area is 185 Å². The van der Waals surface area contributed by atoms with Gasteiger partial charge in [-0.3, -0.25) is 4.79 Å². The number of carbonyl (C=O) groups is 1. The largest absolute Gasteiger partial charge is 0.361 e. The van der Waals surface area contributed by atoms with Crippen LogP contribution in [-0.4, -0.2) is 27.4 Å². The molecule has 0 saturated carbocycles. The van der Waals surface area contributed by atoms with Gasteiger partial charge < -0.3 is 9.84 Å². The number of hydrogen-bond donors (Lipinski definition) is 1. The third kappa shape index (κ3) is 5.06. The van der Waals surface area contributed by atoms with Crippen molar-refractivity contribution in [3.63, 3.8) is 0 Å². The topological polar surface area (TPSA) is 73.0 Å². The second kappa shape index (κ2) is 9.66. The van der Waals surface area contributed by atoms with Crippen molar-refractivity contribution >= 4 is 17.7 Å². The van der Waals surface area contributed by atoms with Gasteiger partial charge in [-0.05, 0) is 50.1 Å². The van der Waals surface area contributed by atoms with Gasteiger partial charge in [0.25, 0.3) is 5.91 Å². The molecule has 1 amide bonds. The molecule has 0 unspecified atom stereocenters. The molecule has 2 aromatic carbocycles. The Morgan fingerprint density at radius 2 is 1.87 bits per heavy atom. The van der Waals surface area contributed by atoms with Crippen LogP contribution in [0.3, 0.4) is 0 Å². The number of rotatable bonds is 8. The minimum Gasteiger partial charge on any atom is -0.361 e. The summed E-state index contributed by atoms with van der Waals surface area (Å²) in [7, 11) is 0. The van der Waals surface area contributed by atoms with Crippen LogP contribution in [0, 0.1) is 13.8 Å². The molecule has 0 fully saturated rings. The third-order valence-corrected chi connectivity index (χ3v) is 6.14. The maximum atomic E-state index is 12.8. The Morgan fingerprint density at radius 1 is 1.10 bits per heavy atom. The van der Waals surface area contributed by atoms with Crippen molar-refractivity contribution in [2.24, 2.45) is 0 Å². The highest BCUT2D eigenvalue weighted by Gasteiger charge is 2.14. The number of para-hydroxylation sites is 1. The summed E-state index contributed by atoms with van der Waals surface area (Å²) >= 11 is 1.62. The van der Waals surface area contributed by atoms with Gasteiger partial charge in [-0.25, -0.2) is 4.68 Å². The first kappa shape index (κ1) is 20.9. The number of aromatic nitrogens is 3. The minimum absolute atomic E-state index is 0.0719. The number of carbonyl (C=O) groups excluding carboxylic acids is 1. The molecule has 6 nitrogen and oxygen atoms in total. The fourth-order valence-corrected chi connectivity index (χ4v) is 4.47. The zero-order valence-electron chi connectivity index (χ0n) is 17.5. The third-order valence-electron chi connectivity index (χ3n) is 5.04. The van der Waals surface area contributed by atoms with E-state index >= 15 is 0 Å². The summed E-state index contributed by atoms with van der Waals surface area (Å²) in [6.45, 7) is 4.39. The standard InChI is InChI=1S/C24H24N4O2S/c1-17-22(18(2)30-27-17)16-31-23-11-7-6-10-21(23)24(29)25-13-12-19-14-26-28(15-19)20-8-4-3-5-9-20/h3-11,14-15H,12-13,16H2,1-2H3,(H,25,29). The summed E-state index contributed by atoms with van der Waals surface area (Å²) in [5.41, 5.74) is 4.74. The van der Waals surface area contributed by atoms with E-state index < -0.39 is 0 Å². The zero-order valence-corrected chi connectivity index (χ0v) is 18.4. The van der Waals surface area contributed by atoms with Gasteiger partial charge in [-0.15, -0.1) is 11.8 Å². The van der Waals surface area contributed by atoms with Crippen molar-refractivity contribution in [2.45, 2.75) is 30.9 Å². The van der Waals surface area contributed by atoms with Crippen LogP contribution in [0.25, 0.3) is 5.69 Å². The molecule has 2 aromatic heterocycles. The van der Waals surface area contributed by atoms with Gasteiger partial charge in [-0.1, -0.05) is 35.5 Å². The fourth-order valence-electron chi connectivity index (χ4n) is 3.26. The maximum absolute atomic E-state index is 12.8. The van der Waals surface area contributed by atoms with E-state index in [2.05, 4.69) is 15.6 Å². The lowest BCUT2D eigenvalue weighted by Gasteiger charge is -2.09. The van der Waals surface area contributed by atoms with E-state index in [-0.39, 0.29) is 5.91 Å². The smallest absolute Gasteiger partial charge is 0.252 e. The molecule has 1 N–H and O–H groups in total. The van der Waals surface area contributed by atoms with E-state index in [9.17, 15) is 4.79 Å². The van der Waals surface area contributed by atoms with E-state index in [0.717, 1.165) is 33.2 Å². The Balaban J connectivity index is 1.34. The molecule has 0 aliphatic heterocycles. The second-order valence-corrected chi connectivity index (χ2v) is 8.24. The van der Waals surface area contributed by atoms with Crippen molar-refractivity contribution in [1.82, 2.24) is 20.3 Å². The van der Waals surface area contributed by atoms with Crippen LogP contribution >= 0.6 is 11.8 Å². The lowest BCUT2D eigenvalue weighted by atomic mass is 10.2. The maximum Gasteiger partial charge on any atom is 0.252 e. The van der Waals surface area contributed by atoms with Crippen molar-refractivity contribution in [2.75, 3.05) is 6.54 Å². The summed E-state index contributed by atoms with van der Waals surface area (Å²) in [6, 6.07) is 17.6. The minimum atomic E-state index is -0.0719. The number of hydrogen-bond acceptors (Lipinski definition) is 5. The van der Waals surface area contributed by atoms with Crippen LogP contribution in [0.5, 0.6) is 0 Å². The zero-order chi connectivity index (χ0) is 21.6. The number of nitrogens with one attached hydrogen (secondary N) is 1. The molecule has 0 bridgehead atoms. The molecule has 4 rings (SSSR count). The summed E-state index contributed by atoms with van der Waals surface area (Å²) in [5, 5.41) is 11.4. The number of thioether (sulfide) groups is 1. The van der Waals surface area contributed by atoms with Gasteiger partial charge in [0.1, 0.15) is 5.76 Å². The normalized spacial score (nSPS) is 10.9. The van der Waals surface area contributed by atoms with Crippen LogP contribution in [0.15, 0.2) is 76.4 Å². The molecule has 158 valence electrons. The second-order valence-electron chi connectivity index (χ2n) is 7.22. The first-order valence-corrected chi connectivity index (χ1v) is 11.1. The average Bonchev–Trinajstić information content (AvgIpc) is 3.39. The van der Waals surface area contributed by atoms with Crippen LogP contribution in [0.1, 0.15) is 32.9 Å². The summed E-state index contributed by atoms with van der Waals surface area (Å²) in [6.07, 6.45) is 4.55. The molecule has 7 heteroatoms. The van der Waals surface area contributed by atoms with Gasteiger partial charge in [0.15, 0.2) is 0 Å². The molecule has 2 heterocycles. The van der Waals surface area contributed by atoms with Crippen LogP contribution in [0.2, 0.25) is 0 Å². The number of amides is 1. The molecule has 0 radical (unpaired) electrons. The number of nitrogens with zero attached hydrogens (tertiary/aromatic N) is 3. The van der Waals surface area contributed by atoms with Crippen molar-refractivity contribution in [3.05, 3.63) is 95.1 Å². The predicted octanol–water partition coefficient (Wildman–Crippen LogP) is 4.74. The van der Waals surface area contributed by atoms with Gasteiger partial charge in [0.2, 0.25) is 0 Å². The molecule has 4 aromatic rings. The van der Waals surface area contributed by atoms with Crippen molar-refractivity contribution in [1.29, 1.82) is 0 Å². The molecule has 31 heavy (non-hydrogen) atoms. The Hall–Kier alpha value is -3.32. The fraction of sp³-hybridized carbons (Fsp3) is 0.208. The van der Waals surface area contributed by atoms with Gasteiger partial charge in [0, 0.05) is 29.0 Å². The molecule has 0 spiro atoms. The van der Waals surface area contributed by atoms with E-state index in [0.29, 0.717) is 24.3 Å². The Kier molecular flexibility index (Phi) is 6.52. The van der Waals surface area contributed by atoms with Crippen molar-refractivity contribution in [3.8, 4) is 5.69 Å². The average molecular weight is 433 g/mol. The SMILES string of the molecule is Cc1noc(C)c1CSc1ccccc1C(=O)NCCc1cnn(-c2ccccc2)c1. The van der Waals surface area contributed by atoms with E-state index in [1.807, 2.05) is 85.5 Å². The first-order chi connectivity index (χ1) is 15.1. The first-order valence-electron chi connectivity index (χ1n) is 10.1. The van der Waals surface area contributed by atoms with E-state index in [1.165, 1.54) is 0 Å². The predicted molar refractivity (Wildman–Crippen MR) is 122 cm³/mol. The van der Waals surface area contributed by atoms with E-state index in [1.54, 1.807) is 11.8 Å². The summed E-state index contributed by atoms with van der Waals surface area (Å²) in [4.78, 5) is 13.7. The number of aryl methyl sites for hydroxylation is 2. The highest BCUT2D eigenvalue weighted by molar-refractivity contribution is 7.98. The Morgan fingerprint density at radius 3 is 2.65 bits per heavy atom. The molecule has 0 aliphatic rings. The van der Waals surface area contributed by atoms with Crippen molar-refractivity contribution < 1.29 is 9.32 Å². The van der Waals surface area contributed by atoms with Crippen LogP contribution in [-0.2, 0) is 12.2 Å². The molecule has 0 saturated heterocycles. The van der Waals surface area contributed by atoms with Gasteiger partial charge in [-0.2, -0.15) is 5.10 Å². The summed E-state index contributed by atoms with van der Waals surface area (Å²) < 4.78 is 7.08. The van der Waals surface area contributed by atoms with Gasteiger partial charge in [0.05, 0.1) is 23.1 Å². The van der Waals surface area contributed by atoms with Crippen LogP contribution in [0.4, 0.5) is 0 Å². The molecular weight excluding hydrogens is 408 g/mol. The molecular formula is C24H24N4O2S. The lowest BCUT2D eigenvalue weighted by molar-refractivity contribution is 0.0951.